The molecule has 0 N–H and O–H groups in total. The molecule has 0 aromatic carbocycles. The van der Waals surface area contributed by atoms with E-state index in [0.717, 1.165) is 13.1 Å². The number of hydrogen-bond acceptors (Lipinski definition) is 2. The molecule has 0 bridgehead atoms. The molecule has 0 aromatic rings. The minimum atomic E-state index is 0. The topological polar surface area (TPSA) is 15.6 Å². The van der Waals surface area contributed by atoms with Crippen molar-refractivity contribution in [2.24, 2.45) is 4.99 Å². The second-order valence-corrected chi connectivity index (χ2v) is 3.39. The van der Waals surface area contributed by atoms with Crippen molar-refractivity contribution in [1.29, 1.82) is 0 Å². The highest BCUT2D eigenvalue weighted by atomic mass is 35.5. The molecule has 11 heavy (non-hydrogen) atoms. The number of hydrogen-bond donors (Lipinski definition) is 0. The Balaban J connectivity index is 0. The second-order valence-electron chi connectivity index (χ2n) is 3.39. The van der Waals surface area contributed by atoms with Crippen LogP contribution in [0.3, 0.4) is 0 Å². The first-order chi connectivity index (χ1) is 4.11. The minimum absolute atomic E-state index is 0. The van der Waals surface area contributed by atoms with Gasteiger partial charge in [-0.1, -0.05) is 0 Å². The average Bonchev–Trinajstić information content (AvgIpc) is 2.08. The Kier molecular flexibility index (Phi) is 5.99. The van der Waals surface area contributed by atoms with Crippen molar-refractivity contribution in [3.63, 3.8) is 0 Å². The van der Waals surface area contributed by atoms with Gasteiger partial charge in [-0.2, -0.15) is 0 Å². The van der Waals surface area contributed by atoms with Gasteiger partial charge in [-0.25, -0.2) is 0 Å². The zero-order chi connectivity index (χ0) is 6.91. The summed E-state index contributed by atoms with van der Waals surface area (Å²) in [7, 11) is 0. The van der Waals surface area contributed by atoms with E-state index in [-0.39, 0.29) is 30.4 Å². The lowest BCUT2D eigenvalue weighted by Gasteiger charge is -2.30. The van der Waals surface area contributed by atoms with E-state index in [2.05, 4.69) is 30.7 Å². The van der Waals surface area contributed by atoms with Crippen LogP contribution in [-0.2, 0) is 0 Å². The predicted octanol–water partition coefficient (Wildman–Crippen LogP) is 1.97. The molecule has 0 amide bonds. The summed E-state index contributed by atoms with van der Waals surface area (Å²) in [6.07, 6.45) is 1.94. The Morgan fingerprint density at radius 1 is 1.27 bits per heavy atom. The van der Waals surface area contributed by atoms with Gasteiger partial charge in [0.05, 0.1) is 12.9 Å². The van der Waals surface area contributed by atoms with Crippen molar-refractivity contribution in [3.05, 3.63) is 0 Å². The molecule has 1 aliphatic heterocycles. The van der Waals surface area contributed by atoms with Crippen LogP contribution in [0.2, 0.25) is 0 Å². The maximum Gasteiger partial charge on any atom is 0.0855 e. The monoisotopic (exact) mass is 198 g/mol. The summed E-state index contributed by atoms with van der Waals surface area (Å²) in [5, 5.41) is 0. The number of rotatable bonds is 0. The molecule has 1 rings (SSSR count). The Morgan fingerprint density at radius 3 is 2.00 bits per heavy atom. The molecule has 0 atom stereocenters. The Bertz CT molecular complexity index is 129. The summed E-state index contributed by atoms with van der Waals surface area (Å²) >= 11 is 0. The lowest BCUT2D eigenvalue weighted by atomic mass is 10.1. The maximum atomic E-state index is 4.13. The molecule has 68 valence electrons. The molecule has 0 saturated carbocycles. The third-order valence-electron chi connectivity index (χ3n) is 1.55. The first kappa shape index (κ1) is 13.6. The summed E-state index contributed by atoms with van der Waals surface area (Å²) in [6, 6.07) is 0. The van der Waals surface area contributed by atoms with Crippen LogP contribution in [0.4, 0.5) is 0 Å². The molecular weight excluding hydrogens is 183 g/mol. The average molecular weight is 199 g/mol. The molecular formula is C7H16Cl2N2. The highest BCUT2D eigenvalue weighted by Gasteiger charge is 2.19. The zero-order valence-corrected chi connectivity index (χ0v) is 8.84. The number of nitrogens with zero attached hydrogens (tertiary/aromatic N) is 2. The highest BCUT2D eigenvalue weighted by Crippen LogP contribution is 2.12. The fraction of sp³-hybridized carbons (Fsp3) is 0.857. The summed E-state index contributed by atoms with van der Waals surface area (Å²) in [6.45, 7) is 8.65. The van der Waals surface area contributed by atoms with Gasteiger partial charge in [-0.3, -0.25) is 4.99 Å². The molecule has 2 nitrogen and oxygen atoms in total. The van der Waals surface area contributed by atoms with E-state index in [4.69, 9.17) is 0 Å². The standard InChI is InChI=1S/C7H14N2.2ClH/c1-7(2,3)9-5-4-8-6-9;;/h6H,4-5H2,1-3H3;2*1H. The van der Waals surface area contributed by atoms with E-state index in [1.165, 1.54) is 0 Å². The van der Waals surface area contributed by atoms with Crippen LogP contribution in [0.1, 0.15) is 20.8 Å². The fourth-order valence-electron chi connectivity index (χ4n) is 0.888. The van der Waals surface area contributed by atoms with E-state index in [1.807, 2.05) is 6.34 Å². The smallest absolute Gasteiger partial charge is 0.0855 e. The molecule has 0 radical (unpaired) electrons. The van der Waals surface area contributed by atoms with E-state index >= 15 is 0 Å². The highest BCUT2D eigenvalue weighted by molar-refractivity contribution is 5.85. The Labute approximate surface area is 80.9 Å². The Morgan fingerprint density at radius 2 is 1.82 bits per heavy atom. The van der Waals surface area contributed by atoms with Crippen LogP contribution in [0.15, 0.2) is 4.99 Å². The van der Waals surface area contributed by atoms with Crippen molar-refractivity contribution in [1.82, 2.24) is 4.90 Å². The van der Waals surface area contributed by atoms with E-state index in [0.29, 0.717) is 0 Å². The quantitative estimate of drug-likeness (QED) is 0.582. The van der Waals surface area contributed by atoms with Gasteiger partial charge in [0.1, 0.15) is 0 Å². The van der Waals surface area contributed by atoms with Crippen molar-refractivity contribution >= 4 is 31.2 Å². The molecule has 0 fully saturated rings. The maximum absolute atomic E-state index is 4.13. The van der Waals surface area contributed by atoms with Crippen molar-refractivity contribution in [2.75, 3.05) is 13.1 Å². The number of aliphatic imine (C=N–C) groups is 1. The lowest BCUT2D eigenvalue weighted by Crippen LogP contribution is -2.38. The first-order valence-electron chi connectivity index (χ1n) is 3.37. The molecule has 0 unspecified atom stereocenters. The van der Waals surface area contributed by atoms with E-state index in [1.54, 1.807) is 0 Å². The van der Waals surface area contributed by atoms with Crippen LogP contribution in [0.5, 0.6) is 0 Å². The third kappa shape index (κ3) is 3.82. The van der Waals surface area contributed by atoms with Crippen LogP contribution in [0.25, 0.3) is 0 Å². The van der Waals surface area contributed by atoms with Crippen LogP contribution < -0.4 is 0 Å². The summed E-state index contributed by atoms with van der Waals surface area (Å²) in [4.78, 5) is 6.39. The van der Waals surface area contributed by atoms with Crippen LogP contribution in [0, 0.1) is 0 Å². The van der Waals surface area contributed by atoms with E-state index in [9.17, 15) is 0 Å². The van der Waals surface area contributed by atoms with Crippen LogP contribution in [-0.4, -0.2) is 29.9 Å². The van der Waals surface area contributed by atoms with Crippen molar-refractivity contribution < 1.29 is 0 Å². The Hall–Kier alpha value is 0.0500. The molecule has 1 heterocycles. The van der Waals surface area contributed by atoms with Gasteiger partial charge in [0, 0.05) is 12.1 Å². The number of halogens is 2. The van der Waals surface area contributed by atoms with Gasteiger partial charge in [0.15, 0.2) is 0 Å². The summed E-state index contributed by atoms with van der Waals surface area (Å²) in [5.74, 6) is 0. The van der Waals surface area contributed by atoms with Crippen molar-refractivity contribution in [3.8, 4) is 0 Å². The SMILES string of the molecule is CC(C)(C)N1C=NCC1.Cl.Cl. The molecule has 1 aliphatic rings. The summed E-state index contributed by atoms with van der Waals surface area (Å²) < 4.78 is 0. The molecule has 0 spiro atoms. The largest absolute Gasteiger partial charge is 0.356 e. The third-order valence-corrected chi connectivity index (χ3v) is 1.55. The van der Waals surface area contributed by atoms with E-state index < -0.39 is 0 Å². The van der Waals surface area contributed by atoms with Gasteiger partial charge in [0.2, 0.25) is 0 Å². The predicted molar refractivity (Wildman–Crippen MR) is 54.3 cm³/mol. The zero-order valence-electron chi connectivity index (χ0n) is 7.20. The van der Waals surface area contributed by atoms with Gasteiger partial charge in [-0.15, -0.1) is 24.8 Å². The minimum Gasteiger partial charge on any atom is -0.356 e. The van der Waals surface area contributed by atoms with Gasteiger partial charge < -0.3 is 4.90 Å². The van der Waals surface area contributed by atoms with Crippen molar-refractivity contribution in [2.45, 2.75) is 26.3 Å². The normalized spacial score (nSPS) is 15.7. The fourth-order valence-corrected chi connectivity index (χ4v) is 0.888. The molecule has 0 aromatic heterocycles. The lowest BCUT2D eigenvalue weighted by molar-refractivity contribution is 0.264. The second kappa shape index (κ2) is 4.83. The van der Waals surface area contributed by atoms with Gasteiger partial charge in [-0.05, 0) is 20.8 Å². The molecule has 0 saturated heterocycles. The molecule has 0 aliphatic carbocycles. The summed E-state index contributed by atoms with van der Waals surface area (Å²) in [5.41, 5.74) is 0.264. The molecule has 4 heteroatoms. The first-order valence-corrected chi connectivity index (χ1v) is 3.37. The van der Waals surface area contributed by atoms with Crippen LogP contribution >= 0.6 is 24.8 Å². The van der Waals surface area contributed by atoms with Gasteiger partial charge in [0.25, 0.3) is 0 Å². The van der Waals surface area contributed by atoms with Gasteiger partial charge >= 0.3 is 0 Å².